The molecule has 1 aliphatic heterocycles. The smallest absolute Gasteiger partial charge is 0.370 e. The highest BCUT2D eigenvalue weighted by atomic mass is 32.2. The number of carbonyl (C=O) groups excluding carboxylic acids is 2. The summed E-state index contributed by atoms with van der Waals surface area (Å²) in [6, 6.07) is 9.74. The van der Waals surface area contributed by atoms with Crippen LogP contribution in [0, 0.1) is 0 Å². The van der Waals surface area contributed by atoms with Crippen LogP contribution in [0.2, 0.25) is 0 Å². The molecule has 3 N–H and O–H groups in total. The van der Waals surface area contributed by atoms with Gasteiger partial charge in [-0.15, -0.1) is 0 Å². The van der Waals surface area contributed by atoms with E-state index < -0.39 is 49.6 Å². The zero-order valence-corrected chi connectivity index (χ0v) is 24.2. The highest BCUT2D eigenvalue weighted by Crippen LogP contribution is 2.45. The molecule has 4 rings (SSSR count). The number of aromatic nitrogens is 2. The van der Waals surface area contributed by atoms with Crippen LogP contribution in [-0.2, 0) is 14.6 Å². The number of rotatable bonds is 10. The first-order valence-corrected chi connectivity index (χ1v) is 14.7. The number of benzene rings is 1. The van der Waals surface area contributed by atoms with Crippen molar-refractivity contribution in [3.8, 4) is 0 Å². The van der Waals surface area contributed by atoms with Crippen molar-refractivity contribution in [3.63, 3.8) is 0 Å². The average Bonchev–Trinajstić information content (AvgIpc) is 3.22. The third-order valence-corrected chi connectivity index (χ3v) is 8.94. The van der Waals surface area contributed by atoms with E-state index in [1.807, 2.05) is 13.8 Å². The number of alkyl halides is 3. The first kappa shape index (κ1) is 30.8. The van der Waals surface area contributed by atoms with Crippen LogP contribution in [0.5, 0.6) is 0 Å². The van der Waals surface area contributed by atoms with Gasteiger partial charge in [0.05, 0.1) is 10.6 Å². The Hall–Kier alpha value is -4.20. The van der Waals surface area contributed by atoms with Gasteiger partial charge in [-0.05, 0) is 73.5 Å². The molecule has 1 aliphatic rings. The van der Waals surface area contributed by atoms with Crippen molar-refractivity contribution in [2.45, 2.75) is 55.5 Å². The van der Waals surface area contributed by atoms with Gasteiger partial charge in [0.25, 0.3) is 15.7 Å². The Labute approximate surface area is 241 Å². The van der Waals surface area contributed by atoms with Gasteiger partial charge in [0.2, 0.25) is 0 Å². The summed E-state index contributed by atoms with van der Waals surface area (Å²) in [5, 5.41) is 9.15. The molecule has 0 saturated carbocycles. The van der Waals surface area contributed by atoms with Gasteiger partial charge in [0, 0.05) is 37.3 Å². The van der Waals surface area contributed by atoms with Crippen LogP contribution in [0.15, 0.2) is 65.8 Å². The Morgan fingerprint density at radius 1 is 0.881 bits per heavy atom. The van der Waals surface area contributed by atoms with Gasteiger partial charge < -0.3 is 16.0 Å². The molecule has 0 bridgehead atoms. The minimum atomic E-state index is -5.61. The fraction of sp³-hybridized carbons (Fsp3) is 0.357. The lowest BCUT2D eigenvalue weighted by atomic mass is 9.70. The number of nitrogens with one attached hydrogen (secondary N) is 3. The summed E-state index contributed by atoms with van der Waals surface area (Å²) in [5.41, 5.74) is -5.72. The van der Waals surface area contributed by atoms with E-state index in [1.54, 1.807) is 50.5 Å². The van der Waals surface area contributed by atoms with E-state index in [-0.39, 0.29) is 5.69 Å². The van der Waals surface area contributed by atoms with Crippen molar-refractivity contribution in [1.82, 2.24) is 15.3 Å². The van der Waals surface area contributed by atoms with E-state index in [4.69, 9.17) is 0 Å². The molecule has 2 unspecified atom stereocenters. The zero-order valence-electron chi connectivity index (χ0n) is 23.4. The van der Waals surface area contributed by atoms with Crippen LogP contribution >= 0.6 is 0 Å². The number of carbonyl (C=O) groups is 2. The van der Waals surface area contributed by atoms with E-state index in [2.05, 4.69) is 25.9 Å². The Bertz CT molecular complexity index is 1530. The summed E-state index contributed by atoms with van der Waals surface area (Å²) in [6.07, 6.45) is 3.19. The molecule has 224 valence electrons. The summed E-state index contributed by atoms with van der Waals surface area (Å²) in [7, 11) is -5.61. The summed E-state index contributed by atoms with van der Waals surface area (Å²) in [4.78, 5) is 36.3. The lowest BCUT2D eigenvalue weighted by Crippen LogP contribution is -2.55. The zero-order chi connectivity index (χ0) is 30.9. The standard InChI is InChI=1S/C28H31F3N6O4S/c1-5-32-23-15-19(11-13-34-23)17(3)27(18(4)20-12-14-35-24(16-20)33-6-2)25(38)37(26(39)36-27)21-7-9-22(10-8-21)42(40,41)28(29,30)31/h7-18H,5-6H2,1-4H3,(H,32,34)(H,33,35)(H,36,39). The third kappa shape index (κ3) is 5.38. The van der Waals surface area contributed by atoms with Gasteiger partial charge in [0.1, 0.15) is 17.2 Å². The number of nitrogens with zero attached hydrogens (tertiary/aromatic N) is 3. The average molecular weight is 605 g/mol. The number of amides is 3. The number of urea groups is 1. The van der Waals surface area contributed by atoms with Gasteiger partial charge in [-0.25, -0.2) is 28.1 Å². The molecular formula is C28H31F3N6O4S. The first-order valence-electron chi connectivity index (χ1n) is 13.3. The minimum Gasteiger partial charge on any atom is -0.370 e. The second-order valence-electron chi connectivity index (χ2n) is 9.84. The first-order chi connectivity index (χ1) is 19.8. The SMILES string of the molecule is CCNc1cc(C(C)C2(C(C)c3ccnc(NCC)c3)NC(=O)N(c3ccc(S(=O)(=O)C(F)(F)F)cc3)C2=O)ccn1. The Balaban J connectivity index is 1.82. The number of imide groups is 1. The molecule has 1 aromatic carbocycles. The van der Waals surface area contributed by atoms with Crippen LogP contribution in [0.1, 0.15) is 50.7 Å². The largest absolute Gasteiger partial charge is 0.501 e. The van der Waals surface area contributed by atoms with Gasteiger partial charge in [-0.1, -0.05) is 13.8 Å². The van der Waals surface area contributed by atoms with Crippen molar-refractivity contribution in [2.24, 2.45) is 0 Å². The van der Waals surface area contributed by atoms with Gasteiger partial charge in [-0.2, -0.15) is 13.2 Å². The Kier molecular flexibility index (Phi) is 8.48. The van der Waals surface area contributed by atoms with Crippen molar-refractivity contribution >= 4 is 39.1 Å². The molecular weight excluding hydrogens is 573 g/mol. The van der Waals surface area contributed by atoms with Crippen molar-refractivity contribution in [2.75, 3.05) is 28.6 Å². The molecule has 3 aromatic rings. The van der Waals surface area contributed by atoms with Crippen LogP contribution in [0.3, 0.4) is 0 Å². The van der Waals surface area contributed by atoms with Gasteiger partial charge >= 0.3 is 11.5 Å². The summed E-state index contributed by atoms with van der Waals surface area (Å²) in [5.74, 6) is -0.719. The lowest BCUT2D eigenvalue weighted by molar-refractivity contribution is -0.123. The predicted molar refractivity (Wildman–Crippen MR) is 152 cm³/mol. The number of hydrogen-bond donors (Lipinski definition) is 3. The predicted octanol–water partition coefficient (Wildman–Crippen LogP) is 5.04. The maximum absolute atomic E-state index is 14.4. The molecule has 10 nitrogen and oxygen atoms in total. The van der Waals surface area contributed by atoms with Crippen molar-refractivity contribution < 1.29 is 31.2 Å². The summed E-state index contributed by atoms with van der Waals surface area (Å²) in [6.45, 7) is 8.65. The second-order valence-corrected chi connectivity index (χ2v) is 11.8. The molecule has 0 spiro atoms. The van der Waals surface area contributed by atoms with E-state index in [9.17, 15) is 31.2 Å². The number of halogens is 3. The molecule has 1 saturated heterocycles. The minimum absolute atomic E-state index is 0.0777. The molecule has 3 heterocycles. The lowest BCUT2D eigenvalue weighted by Gasteiger charge is -2.39. The van der Waals surface area contributed by atoms with E-state index in [1.165, 1.54) is 0 Å². The van der Waals surface area contributed by atoms with Gasteiger partial charge in [-0.3, -0.25) is 4.79 Å². The number of sulfone groups is 1. The molecule has 2 aromatic heterocycles. The maximum Gasteiger partial charge on any atom is 0.501 e. The van der Waals surface area contributed by atoms with Gasteiger partial charge in [0.15, 0.2) is 0 Å². The number of pyridine rings is 2. The molecule has 2 atom stereocenters. The highest BCUT2D eigenvalue weighted by Gasteiger charge is 2.59. The summed E-state index contributed by atoms with van der Waals surface area (Å²) >= 11 is 0. The fourth-order valence-corrected chi connectivity index (χ4v) is 5.94. The highest BCUT2D eigenvalue weighted by molar-refractivity contribution is 7.92. The quantitative estimate of drug-likeness (QED) is 0.274. The monoisotopic (exact) mass is 604 g/mol. The maximum atomic E-state index is 14.4. The molecule has 0 radical (unpaired) electrons. The summed E-state index contributed by atoms with van der Waals surface area (Å²) < 4.78 is 62.9. The number of anilines is 3. The van der Waals surface area contributed by atoms with Crippen molar-refractivity contribution in [1.29, 1.82) is 0 Å². The Morgan fingerprint density at radius 2 is 1.36 bits per heavy atom. The van der Waals surface area contributed by atoms with Crippen LogP contribution in [0.25, 0.3) is 0 Å². The number of hydrogen-bond acceptors (Lipinski definition) is 8. The topological polar surface area (TPSA) is 133 Å². The Morgan fingerprint density at radius 3 is 1.79 bits per heavy atom. The molecule has 3 amide bonds. The van der Waals surface area contributed by atoms with Crippen LogP contribution in [-0.4, -0.2) is 54.5 Å². The normalized spacial score (nSPS) is 18.9. The third-order valence-electron chi connectivity index (χ3n) is 7.43. The van der Waals surface area contributed by atoms with E-state index in [0.29, 0.717) is 35.9 Å². The molecule has 42 heavy (non-hydrogen) atoms. The van der Waals surface area contributed by atoms with E-state index in [0.717, 1.165) is 29.2 Å². The van der Waals surface area contributed by atoms with E-state index >= 15 is 0 Å². The van der Waals surface area contributed by atoms with Crippen LogP contribution < -0.4 is 20.9 Å². The molecule has 14 heteroatoms. The second kappa shape index (κ2) is 11.6. The van der Waals surface area contributed by atoms with Crippen molar-refractivity contribution in [3.05, 3.63) is 72.1 Å². The molecule has 1 fully saturated rings. The molecule has 0 aliphatic carbocycles. The fourth-order valence-electron chi connectivity index (χ4n) is 5.18. The van der Waals surface area contributed by atoms with Crippen LogP contribution in [0.4, 0.5) is 35.3 Å².